The molecule has 5 rings (SSSR count). The number of hydrogen-bond acceptors (Lipinski definition) is 3. The van der Waals surface area contributed by atoms with E-state index < -0.39 is 10.0 Å². The Bertz CT molecular complexity index is 1020. The highest BCUT2D eigenvalue weighted by molar-refractivity contribution is 7.92. The number of anilines is 1. The molecule has 0 unspecified atom stereocenters. The van der Waals surface area contributed by atoms with Crippen LogP contribution in [0, 0.1) is 12.8 Å². The van der Waals surface area contributed by atoms with Gasteiger partial charge in [-0.2, -0.15) is 0 Å². The second-order valence-electron chi connectivity index (χ2n) is 7.79. The van der Waals surface area contributed by atoms with Gasteiger partial charge in [0.1, 0.15) is 5.78 Å². The second-order valence-corrected chi connectivity index (χ2v) is 9.65. The highest BCUT2D eigenvalue weighted by atomic mass is 32.2. The maximum atomic E-state index is 13.4. The summed E-state index contributed by atoms with van der Waals surface area (Å²) in [7, 11) is -3.63. The summed E-state index contributed by atoms with van der Waals surface area (Å²) in [5.41, 5.74) is 5.20. The molecule has 4 nitrogen and oxygen atoms in total. The maximum Gasteiger partial charge on any atom is 0.264 e. The number of rotatable bonds is 2. The largest absolute Gasteiger partial charge is 0.299 e. The molecular formula is C21H21NO3S. The summed E-state index contributed by atoms with van der Waals surface area (Å²) in [6.07, 6.45) is 3.61. The summed E-state index contributed by atoms with van der Waals surface area (Å²) in [6, 6.07) is 11.2. The Morgan fingerprint density at radius 2 is 1.73 bits per heavy atom. The number of aryl methyl sites for hydroxylation is 3. The highest BCUT2D eigenvalue weighted by Gasteiger charge is 2.49. The molecule has 2 aromatic rings. The molecule has 3 aliphatic rings. The third kappa shape index (κ3) is 2.19. The number of carbonyl (C=O) groups excluding carboxylic acids is 1. The predicted octanol–water partition coefficient (Wildman–Crippen LogP) is 3.37. The molecule has 0 spiro atoms. The van der Waals surface area contributed by atoms with Crippen molar-refractivity contribution < 1.29 is 13.2 Å². The first kappa shape index (κ1) is 16.1. The molecule has 2 aromatic carbocycles. The van der Waals surface area contributed by atoms with Crippen molar-refractivity contribution in [2.75, 3.05) is 10.8 Å². The summed E-state index contributed by atoms with van der Waals surface area (Å²) < 4.78 is 28.3. The Balaban J connectivity index is 1.67. The van der Waals surface area contributed by atoms with Gasteiger partial charge < -0.3 is 0 Å². The van der Waals surface area contributed by atoms with Gasteiger partial charge in [0.2, 0.25) is 0 Å². The molecular weight excluding hydrogens is 346 g/mol. The van der Waals surface area contributed by atoms with Gasteiger partial charge in [-0.05, 0) is 67.0 Å². The van der Waals surface area contributed by atoms with E-state index in [2.05, 4.69) is 6.07 Å². The first-order chi connectivity index (χ1) is 12.4. The van der Waals surface area contributed by atoms with Crippen LogP contribution in [0.2, 0.25) is 0 Å². The lowest BCUT2D eigenvalue weighted by Gasteiger charge is -2.45. The molecule has 134 valence electrons. The van der Waals surface area contributed by atoms with Gasteiger partial charge in [0.25, 0.3) is 10.0 Å². The topological polar surface area (TPSA) is 54.5 Å². The minimum absolute atomic E-state index is 0.106. The van der Waals surface area contributed by atoms with E-state index in [0.717, 1.165) is 36.1 Å². The molecule has 0 bridgehead atoms. The fraction of sp³-hybridized carbons (Fsp3) is 0.381. The van der Waals surface area contributed by atoms with E-state index in [0.29, 0.717) is 17.9 Å². The normalized spacial score (nSPS) is 23.9. The molecule has 1 fully saturated rings. The number of hydrogen-bond donors (Lipinski definition) is 0. The standard InChI is InChI=1S/C21H21NO3S/c1-13-5-7-17(8-6-13)26(24,25)22-12-16-11-20(23)21(16)18-9-14-3-2-4-15(14)10-19(18)22/h5-10,16,21H,2-4,11-12H2,1H3/t16-,21-/m1/s1. The summed E-state index contributed by atoms with van der Waals surface area (Å²) in [5, 5.41) is 0. The molecule has 1 saturated carbocycles. The molecule has 1 heterocycles. The van der Waals surface area contributed by atoms with Crippen LogP contribution in [0.5, 0.6) is 0 Å². The van der Waals surface area contributed by atoms with Gasteiger partial charge in [-0.25, -0.2) is 8.42 Å². The summed E-state index contributed by atoms with van der Waals surface area (Å²) >= 11 is 0. The predicted molar refractivity (Wildman–Crippen MR) is 100 cm³/mol. The number of Topliss-reactive ketones (excluding diaryl/α,β-unsaturated/α-hetero) is 1. The fourth-order valence-electron chi connectivity index (χ4n) is 4.67. The van der Waals surface area contributed by atoms with Crippen LogP contribution in [0.3, 0.4) is 0 Å². The van der Waals surface area contributed by atoms with Crippen LogP contribution in [0.1, 0.15) is 41.0 Å². The first-order valence-electron chi connectivity index (χ1n) is 9.23. The maximum absolute atomic E-state index is 13.4. The number of ketones is 1. The summed E-state index contributed by atoms with van der Waals surface area (Å²) in [6.45, 7) is 2.35. The van der Waals surface area contributed by atoms with Crippen LogP contribution in [0.15, 0.2) is 41.3 Å². The van der Waals surface area contributed by atoms with Gasteiger partial charge >= 0.3 is 0 Å². The average Bonchev–Trinajstić information content (AvgIpc) is 3.05. The lowest BCUT2D eigenvalue weighted by atomic mass is 9.66. The lowest BCUT2D eigenvalue weighted by molar-refractivity contribution is -0.129. The zero-order valence-electron chi connectivity index (χ0n) is 14.7. The van der Waals surface area contributed by atoms with Crippen molar-refractivity contribution in [1.29, 1.82) is 0 Å². The lowest BCUT2D eigenvalue weighted by Crippen LogP contribution is -2.49. The molecule has 0 aromatic heterocycles. The molecule has 0 saturated heterocycles. The Labute approximate surface area is 153 Å². The highest BCUT2D eigenvalue weighted by Crippen LogP contribution is 2.50. The number of nitrogens with zero attached hydrogens (tertiary/aromatic N) is 1. The zero-order valence-corrected chi connectivity index (χ0v) is 15.6. The molecule has 26 heavy (non-hydrogen) atoms. The van der Waals surface area contributed by atoms with Gasteiger partial charge in [0.05, 0.1) is 10.6 Å². The van der Waals surface area contributed by atoms with E-state index in [4.69, 9.17) is 0 Å². The first-order valence-corrected chi connectivity index (χ1v) is 10.7. The monoisotopic (exact) mass is 367 g/mol. The summed E-state index contributed by atoms with van der Waals surface area (Å²) in [5.74, 6) is 0.247. The van der Waals surface area contributed by atoms with Gasteiger partial charge in [0, 0.05) is 18.9 Å². The van der Waals surface area contributed by atoms with Crippen molar-refractivity contribution in [2.24, 2.45) is 5.92 Å². The SMILES string of the molecule is Cc1ccc(S(=O)(=O)N2C[C@H]3CC(=O)[C@H]3c3cc4c(cc32)CCC4)cc1. The molecule has 0 radical (unpaired) electrons. The van der Waals surface area contributed by atoms with E-state index in [9.17, 15) is 13.2 Å². The van der Waals surface area contributed by atoms with Crippen LogP contribution < -0.4 is 4.31 Å². The van der Waals surface area contributed by atoms with Gasteiger partial charge in [-0.1, -0.05) is 23.8 Å². The minimum Gasteiger partial charge on any atom is -0.299 e. The molecule has 5 heteroatoms. The fourth-order valence-corrected chi connectivity index (χ4v) is 6.21. The smallest absolute Gasteiger partial charge is 0.264 e. The Kier molecular flexibility index (Phi) is 3.35. The van der Waals surface area contributed by atoms with Crippen LogP contribution >= 0.6 is 0 Å². The third-order valence-corrected chi connectivity index (χ3v) is 7.93. The number of benzene rings is 2. The quantitative estimate of drug-likeness (QED) is 0.818. The van der Waals surface area contributed by atoms with Gasteiger partial charge in [-0.3, -0.25) is 9.10 Å². The van der Waals surface area contributed by atoms with Crippen LogP contribution in [-0.4, -0.2) is 20.7 Å². The Hall–Kier alpha value is -2.14. The second kappa shape index (κ2) is 5.43. The zero-order chi connectivity index (χ0) is 18.1. The number of fused-ring (bicyclic) bond motifs is 4. The average molecular weight is 367 g/mol. The van der Waals surface area contributed by atoms with Crippen molar-refractivity contribution in [3.63, 3.8) is 0 Å². The molecule has 0 N–H and O–H groups in total. The van der Waals surface area contributed by atoms with Crippen molar-refractivity contribution in [3.05, 3.63) is 58.7 Å². The van der Waals surface area contributed by atoms with Crippen LogP contribution in [-0.2, 0) is 27.7 Å². The van der Waals surface area contributed by atoms with Crippen molar-refractivity contribution in [2.45, 2.75) is 43.4 Å². The van der Waals surface area contributed by atoms with E-state index in [1.165, 1.54) is 11.1 Å². The number of sulfonamides is 1. The van der Waals surface area contributed by atoms with E-state index in [1.807, 2.05) is 25.1 Å². The molecule has 2 atom stereocenters. The molecule has 0 amide bonds. The Morgan fingerprint density at radius 3 is 2.42 bits per heavy atom. The summed E-state index contributed by atoms with van der Waals surface area (Å²) in [4.78, 5) is 12.5. The van der Waals surface area contributed by atoms with Crippen molar-refractivity contribution >= 4 is 21.5 Å². The number of carbonyl (C=O) groups is 1. The third-order valence-electron chi connectivity index (χ3n) is 6.14. The van der Waals surface area contributed by atoms with E-state index in [-0.39, 0.29) is 17.6 Å². The minimum atomic E-state index is -3.63. The van der Waals surface area contributed by atoms with E-state index in [1.54, 1.807) is 16.4 Å². The molecule has 1 aliphatic heterocycles. The van der Waals surface area contributed by atoms with Crippen LogP contribution in [0.4, 0.5) is 5.69 Å². The Morgan fingerprint density at radius 1 is 1.04 bits per heavy atom. The van der Waals surface area contributed by atoms with Gasteiger partial charge in [-0.15, -0.1) is 0 Å². The van der Waals surface area contributed by atoms with Gasteiger partial charge in [0.15, 0.2) is 0 Å². The van der Waals surface area contributed by atoms with Crippen LogP contribution in [0.25, 0.3) is 0 Å². The van der Waals surface area contributed by atoms with Crippen molar-refractivity contribution in [1.82, 2.24) is 0 Å². The molecule has 2 aliphatic carbocycles. The van der Waals surface area contributed by atoms with E-state index >= 15 is 0 Å². The van der Waals surface area contributed by atoms with Crippen molar-refractivity contribution in [3.8, 4) is 0 Å².